The van der Waals surface area contributed by atoms with Crippen LogP contribution in [0.2, 0.25) is 0 Å². The van der Waals surface area contributed by atoms with Gasteiger partial charge >= 0.3 is 39.0 Å². The molecule has 116 valence electrons. The molecule has 0 amide bonds. The van der Waals surface area contributed by atoms with Gasteiger partial charge in [-0.2, -0.15) is 0 Å². The van der Waals surface area contributed by atoms with Crippen LogP contribution >= 0.6 is 0 Å². The van der Waals surface area contributed by atoms with Gasteiger partial charge < -0.3 is 32.8 Å². The minimum absolute atomic E-state index is 0. The Morgan fingerprint density at radius 1 is 0.444 bits per heavy atom. The number of hydrogen-bond donors (Lipinski definition) is 0. The van der Waals surface area contributed by atoms with Gasteiger partial charge in [0.25, 0.3) is 0 Å². The van der Waals surface area contributed by atoms with Crippen LogP contribution in [0, 0.1) is 0 Å². The molecule has 0 aromatic heterocycles. The summed E-state index contributed by atoms with van der Waals surface area (Å²) in [5.74, 6) is 0. The molecule has 0 bridgehead atoms. The van der Waals surface area contributed by atoms with Crippen LogP contribution in [0.15, 0.2) is 0 Å². The van der Waals surface area contributed by atoms with Crippen molar-refractivity contribution in [1.29, 1.82) is 0 Å². The van der Waals surface area contributed by atoms with E-state index in [1.165, 1.54) is 0 Å². The second-order valence-corrected chi connectivity index (χ2v) is 3.67. The first-order valence-corrected chi connectivity index (χ1v) is 6.00. The van der Waals surface area contributed by atoms with E-state index in [9.17, 15) is 0 Å². The van der Waals surface area contributed by atoms with E-state index >= 15 is 0 Å². The van der Waals surface area contributed by atoms with Gasteiger partial charge in [-0.3, -0.25) is 25.3 Å². The van der Waals surface area contributed by atoms with Gasteiger partial charge in [-0.15, -0.1) is 0 Å². The van der Waals surface area contributed by atoms with Crippen molar-refractivity contribution in [2.45, 2.75) is 0 Å². The Balaban J connectivity index is -0.0000000277. The van der Waals surface area contributed by atoms with E-state index in [-0.39, 0.29) is 44.4 Å². The van der Waals surface area contributed by atoms with Crippen molar-refractivity contribution in [1.82, 2.24) is 0 Å². The molecule has 0 atom stereocenters. The van der Waals surface area contributed by atoms with Gasteiger partial charge in [0.1, 0.15) is 0 Å². The zero-order valence-electron chi connectivity index (χ0n) is 7.29. The first-order valence-electron chi connectivity index (χ1n) is 2.00. The third-order valence-corrected chi connectivity index (χ3v) is 0. The molecule has 0 unspecified atom stereocenters. The van der Waals surface area contributed by atoms with E-state index in [1.54, 1.807) is 0 Å². The summed E-state index contributed by atoms with van der Waals surface area (Å²) >= 11 is 0. The van der Waals surface area contributed by atoms with Crippen LogP contribution in [0.5, 0.6) is 0 Å². The molecule has 13 nitrogen and oxygen atoms in total. The summed E-state index contributed by atoms with van der Waals surface area (Å²) in [5.41, 5.74) is 0. The van der Waals surface area contributed by atoms with E-state index in [0.29, 0.717) is 0 Å². The maximum absolute atomic E-state index is 8.52. The largest absolute Gasteiger partial charge is 3.00 e. The molecule has 0 aromatic rings. The Morgan fingerprint density at radius 2 is 0.444 bits per heavy atom. The minimum atomic E-state index is -5.17. The molecule has 0 saturated carbocycles. The molecule has 0 aliphatic rings. The predicted octanol–water partition coefficient (Wildman–Crippen LogP) is -4.84. The van der Waals surface area contributed by atoms with Crippen LogP contribution < -0.4 is 0 Å². The van der Waals surface area contributed by atoms with Gasteiger partial charge in [-0.05, 0) is 0 Å². The zero-order valence-corrected chi connectivity index (χ0v) is 13.0. The van der Waals surface area contributed by atoms with E-state index in [2.05, 4.69) is 0 Å². The predicted molar refractivity (Wildman–Crippen MR) is 35.0 cm³/mol. The third kappa shape index (κ3) is 6310. The van der Waals surface area contributed by atoms with Crippen LogP contribution in [0.1, 0.15) is 0 Å². The molecule has 0 spiro atoms. The van der Waals surface area contributed by atoms with E-state index in [1.807, 2.05) is 0 Å². The molecule has 0 aromatic carbocycles. The fourth-order valence-corrected chi connectivity index (χ4v) is 0. The maximum atomic E-state index is 8.52. The molecule has 0 fully saturated rings. The number of hydrogen-bond acceptors (Lipinski definition) is 12. The standard InChI is InChI=1S/3H2O4S.H2O.2Rh/c3*1-5(2,3)4;;;/h3*(H2,1,2,3,4);1H2;;/q;;;;2*+3/p-6. The Labute approximate surface area is 128 Å². The van der Waals surface area contributed by atoms with E-state index in [0.717, 1.165) is 0 Å². The molecular weight excluding hydrogens is 510 g/mol. The van der Waals surface area contributed by atoms with Gasteiger partial charge in [0.05, 0.1) is 0 Å². The van der Waals surface area contributed by atoms with Crippen LogP contribution in [0.4, 0.5) is 0 Å². The first kappa shape index (κ1) is 36.4. The maximum Gasteiger partial charge on any atom is 3.00 e. The van der Waals surface area contributed by atoms with E-state index in [4.69, 9.17) is 52.6 Å². The second kappa shape index (κ2) is 14.2. The van der Waals surface area contributed by atoms with Gasteiger partial charge in [0.15, 0.2) is 0 Å². The fourth-order valence-electron chi connectivity index (χ4n) is 0. The second-order valence-electron chi connectivity index (χ2n) is 1.22. The Bertz CT molecular complexity index is 341. The monoisotopic (exact) mass is 512 g/mol. The number of rotatable bonds is 0. The molecule has 18 heteroatoms. The quantitative estimate of drug-likeness (QED) is 0.168. The van der Waals surface area contributed by atoms with E-state index < -0.39 is 31.2 Å². The van der Waals surface area contributed by atoms with Crippen LogP contribution in [0.25, 0.3) is 0 Å². The molecule has 0 radical (unpaired) electrons. The SMILES string of the molecule is O.O=S(=O)([O-])[O-].O=S(=O)([O-])[O-].O=S(=O)([O-])[O-].[Rh+3].[Rh+3]. The summed E-state index contributed by atoms with van der Waals surface area (Å²) in [6, 6.07) is 0. The van der Waals surface area contributed by atoms with Crippen molar-refractivity contribution in [3.8, 4) is 0 Å². The van der Waals surface area contributed by atoms with Gasteiger partial charge in [-0.1, -0.05) is 0 Å². The van der Waals surface area contributed by atoms with Crippen molar-refractivity contribution >= 4 is 31.2 Å². The van der Waals surface area contributed by atoms with Crippen molar-refractivity contribution < 1.29 is 97.0 Å². The topological polar surface area (TPSA) is 272 Å². The average molecular weight is 512 g/mol. The molecular formula is H2O13Rh2S3. The molecule has 0 rings (SSSR count). The third-order valence-electron chi connectivity index (χ3n) is 0. The molecule has 0 saturated heterocycles. The van der Waals surface area contributed by atoms with Crippen LogP contribution in [-0.4, -0.2) is 58.0 Å². The Hall–Kier alpha value is 0.817. The Morgan fingerprint density at radius 3 is 0.444 bits per heavy atom. The zero-order chi connectivity index (χ0) is 13.5. The molecule has 0 aliphatic heterocycles. The van der Waals surface area contributed by atoms with Crippen molar-refractivity contribution in [3.63, 3.8) is 0 Å². The fraction of sp³-hybridized carbons (Fsp3) is 0. The molecule has 2 N–H and O–H groups in total. The van der Waals surface area contributed by atoms with Crippen LogP contribution in [0.3, 0.4) is 0 Å². The summed E-state index contributed by atoms with van der Waals surface area (Å²) in [6.45, 7) is 0. The minimum Gasteiger partial charge on any atom is -0.759 e. The first-order chi connectivity index (χ1) is 6.00. The van der Waals surface area contributed by atoms with Crippen molar-refractivity contribution in [2.75, 3.05) is 0 Å². The molecule has 0 heterocycles. The summed E-state index contributed by atoms with van der Waals surface area (Å²) in [4.78, 5) is 0. The van der Waals surface area contributed by atoms with Gasteiger partial charge in [0.2, 0.25) is 0 Å². The Kier molecular flexibility index (Phi) is 28.7. The van der Waals surface area contributed by atoms with Crippen LogP contribution in [-0.2, 0) is 70.2 Å². The van der Waals surface area contributed by atoms with Crippen molar-refractivity contribution in [3.05, 3.63) is 0 Å². The average Bonchev–Trinajstić information content (AvgIpc) is 1.41. The normalized spacial score (nSPS) is 9.67. The van der Waals surface area contributed by atoms with Gasteiger partial charge in [0, 0.05) is 31.2 Å². The summed E-state index contributed by atoms with van der Waals surface area (Å²) < 4.78 is 102. The van der Waals surface area contributed by atoms with Crippen molar-refractivity contribution in [2.24, 2.45) is 0 Å². The molecule has 0 aliphatic carbocycles. The van der Waals surface area contributed by atoms with Gasteiger partial charge in [-0.25, -0.2) is 0 Å². The summed E-state index contributed by atoms with van der Waals surface area (Å²) in [5, 5.41) is 0. The smallest absolute Gasteiger partial charge is 0.759 e. The summed E-state index contributed by atoms with van der Waals surface area (Å²) in [7, 11) is -15.5. The molecule has 18 heavy (non-hydrogen) atoms. The summed E-state index contributed by atoms with van der Waals surface area (Å²) in [6.07, 6.45) is 0.